The summed E-state index contributed by atoms with van der Waals surface area (Å²) < 4.78 is 32.9. The first-order chi connectivity index (χ1) is 14.5. The average Bonchev–Trinajstić information content (AvgIpc) is 3.16. The number of benzene rings is 1. The molecule has 30 heavy (non-hydrogen) atoms. The zero-order valence-electron chi connectivity index (χ0n) is 16.2. The van der Waals surface area contributed by atoms with Gasteiger partial charge in [-0.3, -0.25) is 15.1 Å². The lowest BCUT2D eigenvalue weighted by molar-refractivity contribution is 0.102. The number of sulfonamides is 1. The maximum Gasteiger partial charge on any atom is 0.276 e. The highest BCUT2D eigenvalue weighted by atomic mass is 32.2. The fourth-order valence-electron chi connectivity index (χ4n) is 3.11. The van der Waals surface area contributed by atoms with Crippen LogP contribution in [0.25, 0.3) is 0 Å². The molecular weight excluding hydrogens is 424 g/mol. The molecule has 0 aliphatic carbocycles. The molecule has 0 bridgehead atoms. The lowest BCUT2D eigenvalue weighted by Crippen LogP contribution is -2.35. The molecule has 2 aromatic heterocycles. The third-order valence-corrected chi connectivity index (χ3v) is 7.44. The van der Waals surface area contributed by atoms with E-state index in [0.717, 1.165) is 10.6 Å². The highest BCUT2D eigenvalue weighted by Crippen LogP contribution is 2.31. The molecule has 10 heteroatoms. The molecule has 0 unspecified atom stereocenters. The standard InChI is InChI=1S/C20H20N4O4S2/c1-2-28-14-6-8-15(9-7-14)30(26,27)24-12-10-16-18(13-24)29-20(22-16)23-19(25)17-5-3-4-11-21-17/h3-9,11H,2,10,12-13H2,1H3,(H,22,23,25). The Labute approximate surface area is 178 Å². The van der Waals surface area contributed by atoms with Gasteiger partial charge in [0, 0.05) is 24.0 Å². The number of thiazole rings is 1. The lowest BCUT2D eigenvalue weighted by Gasteiger charge is -2.25. The van der Waals surface area contributed by atoms with Crippen LogP contribution in [0.3, 0.4) is 0 Å². The summed E-state index contributed by atoms with van der Waals surface area (Å²) >= 11 is 1.29. The van der Waals surface area contributed by atoms with Crippen LogP contribution in [-0.4, -0.2) is 41.7 Å². The van der Waals surface area contributed by atoms with Crippen LogP contribution < -0.4 is 10.1 Å². The summed E-state index contributed by atoms with van der Waals surface area (Å²) in [5.74, 6) is 0.286. The van der Waals surface area contributed by atoms with E-state index in [1.54, 1.807) is 48.7 Å². The number of nitrogens with one attached hydrogen (secondary N) is 1. The van der Waals surface area contributed by atoms with Crippen molar-refractivity contribution >= 4 is 32.4 Å². The molecule has 0 fully saturated rings. The summed E-state index contributed by atoms with van der Waals surface area (Å²) in [5, 5.41) is 3.18. The van der Waals surface area contributed by atoms with Gasteiger partial charge in [-0.15, -0.1) is 11.3 Å². The molecule has 156 valence electrons. The number of hydrogen-bond acceptors (Lipinski definition) is 7. The minimum Gasteiger partial charge on any atom is -0.494 e. The molecule has 0 atom stereocenters. The molecule has 3 heterocycles. The maximum atomic E-state index is 13.0. The summed E-state index contributed by atoms with van der Waals surface area (Å²) in [5.41, 5.74) is 1.11. The monoisotopic (exact) mass is 444 g/mol. The molecule has 8 nitrogen and oxygen atoms in total. The molecule has 1 aromatic carbocycles. The van der Waals surface area contributed by atoms with Crippen LogP contribution in [-0.2, 0) is 23.0 Å². The van der Waals surface area contributed by atoms with Gasteiger partial charge in [0.2, 0.25) is 10.0 Å². The van der Waals surface area contributed by atoms with Crippen LogP contribution in [0.4, 0.5) is 5.13 Å². The van der Waals surface area contributed by atoms with Crippen LogP contribution in [0.1, 0.15) is 28.0 Å². The van der Waals surface area contributed by atoms with Gasteiger partial charge < -0.3 is 4.74 Å². The van der Waals surface area contributed by atoms with E-state index >= 15 is 0 Å². The van der Waals surface area contributed by atoms with Gasteiger partial charge in [-0.1, -0.05) is 6.07 Å². The molecule has 1 N–H and O–H groups in total. The van der Waals surface area contributed by atoms with Crippen molar-refractivity contribution in [1.29, 1.82) is 0 Å². The highest BCUT2D eigenvalue weighted by molar-refractivity contribution is 7.89. The predicted octanol–water partition coefficient (Wildman–Crippen LogP) is 2.94. The Bertz CT molecular complexity index is 1150. The fraction of sp³-hybridized carbons (Fsp3) is 0.250. The highest BCUT2D eigenvalue weighted by Gasteiger charge is 2.30. The average molecular weight is 445 g/mol. The molecule has 1 amide bonds. The van der Waals surface area contributed by atoms with Gasteiger partial charge in [-0.2, -0.15) is 4.31 Å². The van der Waals surface area contributed by atoms with Crippen molar-refractivity contribution in [2.45, 2.75) is 24.8 Å². The third-order valence-electron chi connectivity index (χ3n) is 4.59. The Balaban J connectivity index is 1.48. The maximum absolute atomic E-state index is 13.0. The summed E-state index contributed by atoms with van der Waals surface area (Å²) in [4.78, 5) is 21.8. The molecule has 0 saturated carbocycles. The van der Waals surface area contributed by atoms with E-state index in [4.69, 9.17) is 4.74 Å². The first-order valence-electron chi connectivity index (χ1n) is 9.41. The number of aromatic nitrogens is 2. The normalized spacial score (nSPS) is 14.2. The van der Waals surface area contributed by atoms with Gasteiger partial charge in [-0.25, -0.2) is 13.4 Å². The number of ether oxygens (including phenoxy) is 1. The number of hydrogen-bond donors (Lipinski definition) is 1. The number of carbonyl (C=O) groups excluding carboxylic acids is 1. The molecule has 1 aliphatic heterocycles. The van der Waals surface area contributed by atoms with E-state index in [9.17, 15) is 13.2 Å². The van der Waals surface area contributed by atoms with Crippen molar-refractivity contribution in [1.82, 2.24) is 14.3 Å². The van der Waals surface area contributed by atoms with Crippen molar-refractivity contribution in [3.8, 4) is 5.75 Å². The number of carbonyl (C=O) groups is 1. The van der Waals surface area contributed by atoms with Crippen molar-refractivity contribution < 1.29 is 17.9 Å². The Morgan fingerprint density at radius 1 is 1.23 bits per heavy atom. The van der Waals surface area contributed by atoms with E-state index < -0.39 is 10.0 Å². The largest absolute Gasteiger partial charge is 0.494 e. The molecule has 0 spiro atoms. The first kappa shape index (κ1) is 20.5. The van der Waals surface area contributed by atoms with Crippen LogP contribution in [0, 0.1) is 0 Å². The molecule has 0 saturated heterocycles. The van der Waals surface area contributed by atoms with Crippen LogP contribution >= 0.6 is 11.3 Å². The van der Waals surface area contributed by atoms with E-state index in [1.165, 1.54) is 15.6 Å². The quantitative estimate of drug-likeness (QED) is 0.627. The smallest absolute Gasteiger partial charge is 0.276 e. The van der Waals surface area contributed by atoms with Crippen molar-refractivity contribution in [2.75, 3.05) is 18.5 Å². The predicted molar refractivity (Wildman–Crippen MR) is 113 cm³/mol. The van der Waals surface area contributed by atoms with Crippen molar-refractivity contribution in [2.24, 2.45) is 0 Å². The Morgan fingerprint density at radius 2 is 2.03 bits per heavy atom. The third kappa shape index (κ3) is 4.20. The molecule has 0 radical (unpaired) electrons. The molecule has 3 aromatic rings. The van der Waals surface area contributed by atoms with Gasteiger partial charge in [0.15, 0.2) is 5.13 Å². The van der Waals surface area contributed by atoms with Gasteiger partial charge >= 0.3 is 0 Å². The van der Waals surface area contributed by atoms with Crippen LogP contribution in [0.2, 0.25) is 0 Å². The van der Waals surface area contributed by atoms with Crippen LogP contribution in [0.5, 0.6) is 5.75 Å². The summed E-state index contributed by atoms with van der Waals surface area (Å²) in [6.45, 7) is 2.95. The van der Waals surface area contributed by atoms with Gasteiger partial charge in [0.1, 0.15) is 11.4 Å². The van der Waals surface area contributed by atoms with E-state index in [2.05, 4.69) is 15.3 Å². The minimum atomic E-state index is -3.63. The second-order valence-electron chi connectivity index (χ2n) is 6.55. The van der Waals surface area contributed by atoms with Crippen LogP contribution in [0.15, 0.2) is 53.6 Å². The molecular formula is C20H20N4O4S2. The second-order valence-corrected chi connectivity index (χ2v) is 9.57. The van der Waals surface area contributed by atoms with Crippen molar-refractivity contribution in [3.05, 3.63) is 64.9 Å². The Kier molecular flexibility index (Phi) is 5.80. The number of pyridine rings is 1. The summed E-state index contributed by atoms with van der Waals surface area (Å²) in [6, 6.07) is 11.5. The van der Waals surface area contributed by atoms with Gasteiger partial charge in [-0.05, 0) is 43.3 Å². The SMILES string of the molecule is CCOc1ccc(S(=O)(=O)N2CCc3nc(NC(=O)c4ccccn4)sc3C2)cc1. The fourth-order valence-corrected chi connectivity index (χ4v) is 5.62. The zero-order chi connectivity index (χ0) is 21.1. The second kappa shape index (κ2) is 8.50. The topological polar surface area (TPSA) is 101 Å². The molecule has 4 rings (SSSR count). The Morgan fingerprint density at radius 3 is 2.73 bits per heavy atom. The Hall–Kier alpha value is -2.82. The molecule has 1 aliphatic rings. The van der Waals surface area contributed by atoms with Gasteiger partial charge in [0.25, 0.3) is 5.91 Å². The zero-order valence-corrected chi connectivity index (χ0v) is 17.9. The number of anilines is 1. The van der Waals surface area contributed by atoms with Crippen molar-refractivity contribution in [3.63, 3.8) is 0 Å². The summed E-state index contributed by atoms with van der Waals surface area (Å²) in [7, 11) is -3.63. The van der Waals surface area contributed by atoms with E-state index in [1.807, 2.05) is 6.92 Å². The van der Waals surface area contributed by atoms with E-state index in [0.29, 0.717) is 36.1 Å². The lowest BCUT2D eigenvalue weighted by atomic mass is 10.2. The number of fused-ring (bicyclic) bond motifs is 1. The number of nitrogens with zero attached hydrogens (tertiary/aromatic N) is 3. The summed E-state index contributed by atoms with van der Waals surface area (Å²) in [6.07, 6.45) is 2.03. The number of rotatable bonds is 6. The number of amides is 1. The first-order valence-corrected chi connectivity index (χ1v) is 11.7. The van der Waals surface area contributed by atoms with Gasteiger partial charge in [0.05, 0.1) is 23.7 Å². The van der Waals surface area contributed by atoms with E-state index in [-0.39, 0.29) is 17.3 Å². The minimum absolute atomic E-state index is 0.224.